The maximum atomic E-state index is 9.06. The minimum absolute atomic E-state index is 0.0370. The zero-order chi connectivity index (χ0) is 8.15. The van der Waals surface area contributed by atoms with Crippen LogP contribution in [0.1, 0.15) is 20.8 Å². The fourth-order valence-corrected chi connectivity index (χ4v) is 0.795. The molecule has 0 amide bonds. The minimum Gasteiger partial charge on any atom is -0.394 e. The molecule has 3 heteroatoms. The Bertz CT molecular complexity index is 85.7. The van der Waals surface area contributed by atoms with Crippen molar-refractivity contribution in [3.8, 4) is 0 Å². The van der Waals surface area contributed by atoms with Gasteiger partial charge in [-0.15, -0.1) is 0 Å². The molecule has 0 aromatic rings. The lowest BCUT2D eigenvalue weighted by molar-refractivity contribution is 0.0656. The minimum atomic E-state index is -0.651. The molecule has 2 unspecified atom stereocenters. The van der Waals surface area contributed by atoms with E-state index in [0.717, 1.165) is 0 Å². The molecule has 0 saturated heterocycles. The summed E-state index contributed by atoms with van der Waals surface area (Å²) in [7, 11) is 0. The first-order chi connectivity index (χ1) is 4.57. The number of aliphatic hydroxyl groups excluding tert-OH is 2. The Labute approximate surface area is 62.1 Å². The van der Waals surface area contributed by atoms with E-state index in [1.807, 2.05) is 20.8 Å². The van der Waals surface area contributed by atoms with Gasteiger partial charge in [0.05, 0.1) is 12.7 Å². The van der Waals surface area contributed by atoms with E-state index in [-0.39, 0.29) is 12.6 Å². The molecule has 2 atom stereocenters. The molecule has 0 fully saturated rings. The van der Waals surface area contributed by atoms with Crippen molar-refractivity contribution in [3.63, 3.8) is 0 Å². The first-order valence-corrected chi connectivity index (χ1v) is 3.63. The van der Waals surface area contributed by atoms with Crippen molar-refractivity contribution >= 4 is 0 Å². The van der Waals surface area contributed by atoms with Crippen LogP contribution in [0, 0.1) is 0 Å². The van der Waals surface area contributed by atoms with Crippen LogP contribution in [0.4, 0.5) is 0 Å². The molecule has 0 aromatic heterocycles. The molecule has 0 spiro atoms. The Kier molecular flexibility index (Phi) is 4.60. The molecule has 0 aromatic carbocycles. The van der Waals surface area contributed by atoms with E-state index in [1.165, 1.54) is 0 Å². The Morgan fingerprint density at radius 1 is 1.30 bits per heavy atom. The Morgan fingerprint density at radius 3 is 2.10 bits per heavy atom. The van der Waals surface area contributed by atoms with Gasteiger partial charge in [0, 0.05) is 12.1 Å². The number of aliphatic hydroxyl groups is 2. The lowest BCUT2D eigenvalue weighted by Gasteiger charge is -2.20. The third-order valence-electron chi connectivity index (χ3n) is 1.36. The van der Waals surface area contributed by atoms with Crippen molar-refractivity contribution in [2.75, 3.05) is 6.61 Å². The molecule has 3 nitrogen and oxygen atoms in total. The predicted molar refractivity (Wildman–Crippen MR) is 40.8 cm³/mol. The summed E-state index contributed by atoms with van der Waals surface area (Å²) in [6.07, 6.45) is -0.651. The average Bonchev–Trinajstić information content (AvgIpc) is 1.85. The molecule has 0 heterocycles. The Hall–Kier alpha value is -0.120. The summed E-state index contributed by atoms with van der Waals surface area (Å²) in [5, 5.41) is 20.7. The summed E-state index contributed by atoms with van der Waals surface area (Å²) in [6, 6.07) is 0.307. The van der Waals surface area contributed by atoms with Crippen molar-refractivity contribution < 1.29 is 10.2 Å². The smallest absolute Gasteiger partial charge is 0.0920 e. The van der Waals surface area contributed by atoms with Crippen molar-refractivity contribution in [2.24, 2.45) is 0 Å². The largest absolute Gasteiger partial charge is 0.394 e. The topological polar surface area (TPSA) is 52.5 Å². The number of hydrogen-bond donors (Lipinski definition) is 3. The van der Waals surface area contributed by atoms with Gasteiger partial charge >= 0.3 is 0 Å². The van der Waals surface area contributed by atoms with Gasteiger partial charge in [-0.2, -0.15) is 0 Å². The molecule has 0 rings (SSSR count). The molecule has 62 valence electrons. The summed E-state index contributed by atoms with van der Waals surface area (Å²) >= 11 is 0. The second kappa shape index (κ2) is 4.66. The maximum Gasteiger partial charge on any atom is 0.0920 e. The SMILES string of the molecule is CC(C)NC(C)C(O)CO. The fourth-order valence-electron chi connectivity index (χ4n) is 0.795. The Balaban J connectivity index is 3.50. The summed E-state index contributed by atoms with van der Waals surface area (Å²) in [5.74, 6) is 0. The van der Waals surface area contributed by atoms with Gasteiger partial charge < -0.3 is 15.5 Å². The van der Waals surface area contributed by atoms with Crippen molar-refractivity contribution in [1.29, 1.82) is 0 Å². The third kappa shape index (κ3) is 3.82. The van der Waals surface area contributed by atoms with E-state index in [4.69, 9.17) is 10.2 Å². The first kappa shape index (κ1) is 9.88. The summed E-state index contributed by atoms with van der Waals surface area (Å²) < 4.78 is 0. The average molecular weight is 147 g/mol. The zero-order valence-electron chi connectivity index (χ0n) is 6.83. The highest BCUT2D eigenvalue weighted by Crippen LogP contribution is 1.92. The van der Waals surface area contributed by atoms with E-state index in [2.05, 4.69) is 5.32 Å². The van der Waals surface area contributed by atoms with Gasteiger partial charge in [-0.05, 0) is 6.92 Å². The molecule has 0 aliphatic carbocycles. The molecule has 10 heavy (non-hydrogen) atoms. The molecule has 3 N–H and O–H groups in total. The van der Waals surface area contributed by atoms with Gasteiger partial charge in [0.25, 0.3) is 0 Å². The van der Waals surface area contributed by atoms with Crippen LogP contribution < -0.4 is 5.32 Å². The van der Waals surface area contributed by atoms with Crippen LogP contribution in [0.25, 0.3) is 0 Å². The van der Waals surface area contributed by atoms with Gasteiger partial charge in [0.15, 0.2) is 0 Å². The van der Waals surface area contributed by atoms with Crippen LogP contribution in [0.2, 0.25) is 0 Å². The normalized spacial score (nSPS) is 17.4. The van der Waals surface area contributed by atoms with Crippen LogP contribution in [-0.2, 0) is 0 Å². The van der Waals surface area contributed by atoms with Crippen LogP contribution in [0.5, 0.6) is 0 Å². The lowest BCUT2D eigenvalue weighted by atomic mass is 10.2. The zero-order valence-corrected chi connectivity index (χ0v) is 6.83. The first-order valence-electron chi connectivity index (χ1n) is 3.63. The lowest BCUT2D eigenvalue weighted by Crippen LogP contribution is -2.42. The highest BCUT2D eigenvalue weighted by molar-refractivity contribution is 4.71. The predicted octanol–water partition coefficient (Wildman–Crippen LogP) is -0.274. The van der Waals surface area contributed by atoms with E-state index < -0.39 is 6.10 Å². The molecular weight excluding hydrogens is 130 g/mol. The number of hydrogen-bond acceptors (Lipinski definition) is 3. The standard InChI is InChI=1S/C7H17NO2/c1-5(2)8-6(3)7(10)4-9/h5-10H,4H2,1-3H3. The maximum absolute atomic E-state index is 9.06. The van der Waals surface area contributed by atoms with E-state index >= 15 is 0 Å². The van der Waals surface area contributed by atoms with E-state index in [1.54, 1.807) is 0 Å². The molecule has 0 radical (unpaired) electrons. The Morgan fingerprint density at radius 2 is 1.80 bits per heavy atom. The van der Waals surface area contributed by atoms with Gasteiger partial charge in [-0.3, -0.25) is 0 Å². The monoisotopic (exact) mass is 147 g/mol. The fraction of sp³-hybridized carbons (Fsp3) is 1.00. The van der Waals surface area contributed by atoms with Crippen LogP contribution >= 0.6 is 0 Å². The quantitative estimate of drug-likeness (QED) is 0.513. The summed E-state index contributed by atoms with van der Waals surface area (Å²) in [4.78, 5) is 0. The highest BCUT2D eigenvalue weighted by atomic mass is 16.3. The van der Waals surface area contributed by atoms with Gasteiger partial charge in [-0.25, -0.2) is 0 Å². The molecule has 0 saturated carbocycles. The van der Waals surface area contributed by atoms with Crippen LogP contribution in [0.15, 0.2) is 0 Å². The third-order valence-corrected chi connectivity index (χ3v) is 1.36. The van der Waals surface area contributed by atoms with E-state index in [9.17, 15) is 0 Å². The van der Waals surface area contributed by atoms with Gasteiger partial charge in [0.2, 0.25) is 0 Å². The van der Waals surface area contributed by atoms with Crippen LogP contribution in [0.3, 0.4) is 0 Å². The van der Waals surface area contributed by atoms with Gasteiger partial charge in [-0.1, -0.05) is 13.8 Å². The molecular formula is C7H17NO2. The number of nitrogens with one attached hydrogen (secondary N) is 1. The molecule has 0 aliphatic rings. The molecule has 0 bridgehead atoms. The van der Waals surface area contributed by atoms with Crippen molar-refractivity contribution in [3.05, 3.63) is 0 Å². The van der Waals surface area contributed by atoms with Crippen molar-refractivity contribution in [1.82, 2.24) is 5.32 Å². The van der Waals surface area contributed by atoms with Crippen LogP contribution in [-0.4, -0.2) is 35.0 Å². The second-order valence-corrected chi connectivity index (χ2v) is 2.86. The highest BCUT2D eigenvalue weighted by Gasteiger charge is 2.12. The number of rotatable bonds is 4. The van der Waals surface area contributed by atoms with E-state index in [0.29, 0.717) is 6.04 Å². The summed E-state index contributed by atoms with van der Waals surface area (Å²) in [5.41, 5.74) is 0. The van der Waals surface area contributed by atoms with Crippen molar-refractivity contribution in [2.45, 2.75) is 39.0 Å². The summed E-state index contributed by atoms with van der Waals surface area (Å²) in [6.45, 7) is 5.67. The second-order valence-electron chi connectivity index (χ2n) is 2.86. The molecule has 0 aliphatic heterocycles. The van der Waals surface area contributed by atoms with Gasteiger partial charge in [0.1, 0.15) is 0 Å².